The first-order chi connectivity index (χ1) is 7.52. The maximum atomic E-state index is 10.00. The molecule has 0 aliphatic carbocycles. The third-order valence-corrected chi connectivity index (χ3v) is 3.13. The first-order valence-corrected chi connectivity index (χ1v) is 5.94. The molecule has 2 heteroatoms. The Morgan fingerprint density at radius 1 is 1.19 bits per heavy atom. The van der Waals surface area contributed by atoms with Gasteiger partial charge in [-0.05, 0) is 62.4 Å². The van der Waals surface area contributed by atoms with Gasteiger partial charge in [-0.2, -0.15) is 0 Å². The number of rotatable bonds is 4. The molecule has 90 valence electrons. The van der Waals surface area contributed by atoms with Crippen molar-refractivity contribution in [3.05, 3.63) is 28.3 Å². The Balaban J connectivity index is 3.28. The molecule has 0 amide bonds. The molecule has 0 radical (unpaired) electrons. The van der Waals surface area contributed by atoms with Gasteiger partial charge in [0.05, 0.1) is 12.7 Å². The van der Waals surface area contributed by atoms with Gasteiger partial charge >= 0.3 is 0 Å². The summed E-state index contributed by atoms with van der Waals surface area (Å²) in [6.07, 6.45) is 0.379. The minimum Gasteiger partial charge on any atom is -0.494 e. The average molecular weight is 222 g/mol. The van der Waals surface area contributed by atoms with Crippen LogP contribution in [0.3, 0.4) is 0 Å². The summed E-state index contributed by atoms with van der Waals surface area (Å²) in [5.41, 5.74) is 4.46. The zero-order valence-corrected chi connectivity index (χ0v) is 10.9. The van der Waals surface area contributed by atoms with E-state index in [4.69, 9.17) is 4.74 Å². The van der Waals surface area contributed by atoms with Crippen molar-refractivity contribution in [1.29, 1.82) is 0 Å². The summed E-state index contributed by atoms with van der Waals surface area (Å²) < 4.78 is 5.59. The van der Waals surface area contributed by atoms with E-state index in [1.54, 1.807) is 0 Å². The zero-order valence-electron chi connectivity index (χ0n) is 10.9. The molecule has 2 nitrogen and oxygen atoms in total. The van der Waals surface area contributed by atoms with E-state index in [9.17, 15) is 5.11 Å². The minimum atomic E-state index is -0.366. The monoisotopic (exact) mass is 222 g/mol. The largest absolute Gasteiger partial charge is 0.494 e. The third-order valence-electron chi connectivity index (χ3n) is 3.13. The Bertz CT molecular complexity index is 369. The summed E-state index contributed by atoms with van der Waals surface area (Å²) in [7, 11) is 0. The van der Waals surface area contributed by atoms with Crippen molar-refractivity contribution in [2.75, 3.05) is 6.61 Å². The Morgan fingerprint density at radius 2 is 1.81 bits per heavy atom. The lowest BCUT2D eigenvalue weighted by molar-refractivity contribution is 0.172. The molecular weight excluding hydrogens is 200 g/mol. The van der Waals surface area contributed by atoms with Gasteiger partial charge < -0.3 is 9.84 Å². The molecule has 1 unspecified atom stereocenters. The standard InChI is InChI=1S/C14H22O2/c1-6-12(15)14-9(3)8-13(16-7-2)10(4)11(14)5/h8,12,15H,6-7H2,1-5H3. The minimum absolute atomic E-state index is 0.366. The van der Waals surface area contributed by atoms with Crippen LogP contribution in [0.1, 0.15) is 48.6 Å². The number of hydrogen-bond donors (Lipinski definition) is 1. The SMILES string of the molecule is CCOc1cc(C)c(C(O)CC)c(C)c1C. The molecule has 0 aromatic heterocycles. The number of hydrogen-bond acceptors (Lipinski definition) is 2. The number of aliphatic hydroxyl groups excluding tert-OH is 1. The van der Waals surface area contributed by atoms with Crippen molar-refractivity contribution in [2.24, 2.45) is 0 Å². The maximum absolute atomic E-state index is 10.00. The van der Waals surface area contributed by atoms with E-state index >= 15 is 0 Å². The van der Waals surface area contributed by atoms with Crippen molar-refractivity contribution in [3.8, 4) is 5.75 Å². The van der Waals surface area contributed by atoms with Crippen LogP contribution in [0.15, 0.2) is 6.07 Å². The smallest absolute Gasteiger partial charge is 0.122 e. The molecule has 1 atom stereocenters. The molecule has 1 rings (SSSR count). The zero-order chi connectivity index (χ0) is 12.3. The Labute approximate surface area is 98.3 Å². The van der Waals surface area contributed by atoms with Crippen LogP contribution in [0.4, 0.5) is 0 Å². The first kappa shape index (κ1) is 13.0. The molecular formula is C14H22O2. The molecule has 0 saturated carbocycles. The number of ether oxygens (including phenoxy) is 1. The fraction of sp³-hybridized carbons (Fsp3) is 0.571. The fourth-order valence-electron chi connectivity index (χ4n) is 2.09. The number of aryl methyl sites for hydroxylation is 1. The quantitative estimate of drug-likeness (QED) is 0.845. The van der Waals surface area contributed by atoms with E-state index in [1.165, 1.54) is 0 Å². The molecule has 0 spiro atoms. The molecule has 0 fully saturated rings. The highest BCUT2D eigenvalue weighted by molar-refractivity contribution is 5.48. The van der Waals surface area contributed by atoms with Crippen LogP contribution in [-0.2, 0) is 0 Å². The second kappa shape index (κ2) is 5.35. The van der Waals surface area contributed by atoms with Crippen LogP contribution in [0, 0.1) is 20.8 Å². The Morgan fingerprint density at radius 3 is 2.31 bits per heavy atom. The first-order valence-electron chi connectivity index (χ1n) is 5.94. The van der Waals surface area contributed by atoms with Crippen LogP contribution < -0.4 is 4.74 Å². The Hall–Kier alpha value is -1.02. The van der Waals surface area contributed by atoms with Crippen molar-refractivity contribution >= 4 is 0 Å². The van der Waals surface area contributed by atoms with Crippen LogP contribution >= 0.6 is 0 Å². The summed E-state index contributed by atoms with van der Waals surface area (Å²) in [5.74, 6) is 0.935. The van der Waals surface area contributed by atoms with Gasteiger partial charge in [0.2, 0.25) is 0 Å². The molecule has 0 heterocycles. The summed E-state index contributed by atoms with van der Waals surface area (Å²) in [6.45, 7) is 10.8. The van der Waals surface area contributed by atoms with Gasteiger partial charge in [0.25, 0.3) is 0 Å². The summed E-state index contributed by atoms with van der Waals surface area (Å²) >= 11 is 0. The molecule has 0 bridgehead atoms. The van der Waals surface area contributed by atoms with E-state index in [-0.39, 0.29) is 6.10 Å². The topological polar surface area (TPSA) is 29.5 Å². The third kappa shape index (κ3) is 2.38. The van der Waals surface area contributed by atoms with E-state index in [2.05, 4.69) is 6.92 Å². The normalized spacial score (nSPS) is 12.6. The van der Waals surface area contributed by atoms with Crippen molar-refractivity contribution in [3.63, 3.8) is 0 Å². The second-order valence-corrected chi connectivity index (χ2v) is 4.21. The van der Waals surface area contributed by atoms with Gasteiger partial charge in [-0.3, -0.25) is 0 Å². The summed E-state index contributed by atoms with van der Waals surface area (Å²) in [5, 5.41) is 10.00. The summed E-state index contributed by atoms with van der Waals surface area (Å²) in [6, 6.07) is 2.03. The predicted molar refractivity (Wildman–Crippen MR) is 67.1 cm³/mol. The summed E-state index contributed by atoms with van der Waals surface area (Å²) in [4.78, 5) is 0. The van der Waals surface area contributed by atoms with Gasteiger partial charge in [0.1, 0.15) is 5.75 Å². The molecule has 1 aromatic rings. The van der Waals surface area contributed by atoms with Gasteiger partial charge in [-0.1, -0.05) is 6.92 Å². The number of aliphatic hydroxyl groups is 1. The van der Waals surface area contributed by atoms with Crippen molar-refractivity contribution in [1.82, 2.24) is 0 Å². The van der Waals surface area contributed by atoms with Crippen LogP contribution in [0.2, 0.25) is 0 Å². The van der Waals surface area contributed by atoms with E-state index in [1.807, 2.05) is 33.8 Å². The van der Waals surface area contributed by atoms with Crippen molar-refractivity contribution in [2.45, 2.75) is 47.1 Å². The fourth-order valence-corrected chi connectivity index (χ4v) is 2.09. The van der Waals surface area contributed by atoms with E-state index in [0.29, 0.717) is 6.61 Å². The molecule has 1 N–H and O–H groups in total. The second-order valence-electron chi connectivity index (χ2n) is 4.21. The number of benzene rings is 1. The van der Waals surface area contributed by atoms with Gasteiger partial charge in [-0.25, -0.2) is 0 Å². The molecule has 0 saturated heterocycles. The average Bonchev–Trinajstić information content (AvgIpc) is 2.25. The van der Waals surface area contributed by atoms with E-state index < -0.39 is 0 Å². The Kier molecular flexibility index (Phi) is 4.36. The van der Waals surface area contributed by atoms with Crippen LogP contribution in [0.25, 0.3) is 0 Å². The van der Waals surface area contributed by atoms with Gasteiger partial charge in [-0.15, -0.1) is 0 Å². The van der Waals surface area contributed by atoms with Gasteiger partial charge in [0, 0.05) is 0 Å². The van der Waals surface area contributed by atoms with Gasteiger partial charge in [0.15, 0.2) is 0 Å². The van der Waals surface area contributed by atoms with E-state index in [0.717, 1.165) is 34.4 Å². The van der Waals surface area contributed by atoms with Crippen LogP contribution in [-0.4, -0.2) is 11.7 Å². The molecule has 0 aliphatic rings. The highest BCUT2D eigenvalue weighted by Crippen LogP contribution is 2.32. The lowest BCUT2D eigenvalue weighted by Gasteiger charge is -2.19. The molecule has 0 aliphatic heterocycles. The lowest BCUT2D eigenvalue weighted by atomic mass is 9.92. The molecule has 16 heavy (non-hydrogen) atoms. The molecule has 1 aromatic carbocycles. The maximum Gasteiger partial charge on any atom is 0.122 e. The predicted octanol–water partition coefficient (Wildman–Crippen LogP) is 3.45. The highest BCUT2D eigenvalue weighted by atomic mass is 16.5. The highest BCUT2D eigenvalue weighted by Gasteiger charge is 2.16. The van der Waals surface area contributed by atoms with Crippen LogP contribution in [0.5, 0.6) is 5.75 Å². The lowest BCUT2D eigenvalue weighted by Crippen LogP contribution is -2.05. The van der Waals surface area contributed by atoms with Crippen molar-refractivity contribution < 1.29 is 9.84 Å².